The fourth-order valence-corrected chi connectivity index (χ4v) is 2.24. The molecule has 2 unspecified atom stereocenters. The van der Waals surface area contributed by atoms with Gasteiger partial charge in [0.15, 0.2) is 5.12 Å². The smallest absolute Gasteiger partial charge is 0.406 e. The van der Waals surface area contributed by atoms with Crippen molar-refractivity contribution in [1.29, 1.82) is 0 Å². The van der Waals surface area contributed by atoms with Crippen molar-refractivity contribution in [2.45, 2.75) is 18.9 Å². The lowest BCUT2D eigenvalue weighted by Crippen LogP contribution is -2.38. The van der Waals surface area contributed by atoms with E-state index in [1.54, 1.807) is 6.26 Å². The van der Waals surface area contributed by atoms with Gasteiger partial charge in [-0.05, 0) is 19.1 Å². The second kappa shape index (κ2) is 6.75. The van der Waals surface area contributed by atoms with E-state index in [9.17, 15) is 9.59 Å². The number of ether oxygens (including phenoxy) is 2. The standard InChI is InChI=1S/C10H17NO4S/c1-14-10(13)11-6-7(9(12)16-2)8-4-3-5-15-8/h7-8H,3-6H2,1-2H3,(H,11,13). The first-order chi connectivity index (χ1) is 7.69. The number of thioether (sulfide) groups is 1. The molecule has 1 aliphatic rings. The van der Waals surface area contributed by atoms with E-state index in [0.717, 1.165) is 12.8 Å². The summed E-state index contributed by atoms with van der Waals surface area (Å²) in [6.07, 6.45) is 3.00. The van der Waals surface area contributed by atoms with Crippen LogP contribution in [-0.4, -0.2) is 43.8 Å². The summed E-state index contributed by atoms with van der Waals surface area (Å²) in [5.74, 6) is -0.281. The van der Waals surface area contributed by atoms with Crippen LogP contribution in [0.2, 0.25) is 0 Å². The highest BCUT2D eigenvalue weighted by molar-refractivity contribution is 8.13. The largest absolute Gasteiger partial charge is 0.453 e. The van der Waals surface area contributed by atoms with Gasteiger partial charge in [-0.3, -0.25) is 4.79 Å². The van der Waals surface area contributed by atoms with Crippen LogP contribution < -0.4 is 5.32 Å². The van der Waals surface area contributed by atoms with E-state index in [4.69, 9.17) is 4.74 Å². The van der Waals surface area contributed by atoms with Crippen molar-refractivity contribution in [2.75, 3.05) is 26.5 Å². The van der Waals surface area contributed by atoms with E-state index in [1.807, 2.05) is 0 Å². The fourth-order valence-electron chi connectivity index (χ4n) is 1.70. The van der Waals surface area contributed by atoms with Crippen LogP contribution in [0.15, 0.2) is 0 Å². The Balaban J connectivity index is 2.49. The second-order valence-electron chi connectivity index (χ2n) is 3.55. The molecule has 16 heavy (non-hydrogen) atoms. The molecule has 0 aliphatic carbocycles. The summed E-state index contributed by atoms with van der Waals surface area (Å²) in [7, 11) is 1.30. The molecule has 1 amide bonds. The first-order valence-corrected chi connectivity index (χ1v) is 6.42. The van der Waals surface area contributed by atoms with Gasteiger partial charge in [0, 0.05) is 13.2 Å². The molecule has 92 valence electrons. The van der Waals surface area contributed by atoms with E-state index in [-0.39, 0.29) is 23.7 Å². The Bertz CT molecular complexity index is 253. The lowest BCUT2D eigenvalue weighted by atomic mass is 10.0. The highest BCUT2D eigenvalue weighted by Crippen LogP contribution is 2.23. The minimum Gasteiger partial charge on any atom is -0.453 e. The molecule has 0 aromatic rings. The molecule has 0 aromatic carbocycles. The number of rotatable bonds is 4. The van der Waals surface area contributed by atoms with Crippen LogP contribution in [0.3, 0.4) is 0 Å². The van der Waals surface area contributed by atoms with E-state index < -0.39 is 6.09 Å². The van der Waals surface area contributed by atoms with Gasteiger partial charge in [0.25, 0.3) is 0 Å². The molecule has 0 bridgehead atoms. The van der Waals surface area contributed by atoms with E-state index >= 15 is 0 Å². The van der Waals surface area contributed by atoms with Crippen molar-refractivity contribution in [3.05, 3.63) is 0 Å². The predicted octanol–water partition coefficient (Wildman–Crippen LogP) is 1.03. The number of amides is 1. The average Bonchev–Trinajstić information content (AvgIpc) is 2.82. The maximum Gasteiger partial charge on any atom is 0.406 e. The van der Waals surface area contributed by atoms with Crippen molar-refractivity contribution >= 4 is 23.0 Å². The lowest BCUT2D eigenvalue weighted by molar-refractivity contribution is -0.117. The van der Waals surface area contributed by atoms with Crippen LogP contribution in [0.5, 0.6) is 0 Å². The third-order valence-corrected chi connectivity index (χ3v) is 3.27. The molecule has 1 heterocycles. The molecule has 6 heteroatoms. The van der Waals surface area contributed by atoms with E-state index in [1.165, 1.54) is 18.9 Å². The summed E-state index contributed by atoms with van der Waals surface area (Å²) in [5.41, 5.74) is 0. The zero-order valence-electron chi connectivity index (χ0n) is 9.52. The highest BCUT2D eigenvalue weighted by atomic mass is 32.2. The topological polar surface area (TPSA) is 64.6 Å². The molecule has 1 fully saturated rings. The number of methoxy groups -OCH3 is 1. The molecule has 2 atom stereocenters. The second-order valence-corrected chi connectivity index (χ2v) is 4.36. The van der Waals surface area contributed by atoms with Crippen LogP contribution in [0.4, 0.5) is 4.79 Å². The molecule has 1 aliphatic heterocycles. The van der Waals surface area contributed by atoms with Gasteiger partial charge >= 0.3 is 6.09 Å². The van der Waals surface area contributed by atoms with Gasteiger partial charge in [0.05, 0.1) is 19.1 Å². The van der Waals surface area contributed by atoms with Crippen LogP contribution in [0.1, 0.15) is 12.8 Å². The maximum atomic E-state index is 11.7. The Morgan fingerprint density at radius 3 is 2.88 bits per heavy atom. The Morgan fingerprint density at radius 2 is 2.38 bits per heavy atom. The molecule has 0 spiro atoms. The molecule has 1 N–H and O–H groups in total. The van der Waals surface area contributed by atoms with Crippen molar-refractivity contribution in [1.82, 2.24) is 5.32 Å². The van der Waals surface area contributed by atoms with Crippen LogP contribution in [0, 0.1) is 5.92 Å². The molecular weight excluding hydrogens is 230 g/mol. The zero-order chi connectivity index (χ0) is 12.0. The lowest BCUT2D eigenvalue weighted by Gasteiger charge is -2.20. The highest BCUT2D eigenvalue weighted by Gasteiger charge is 2.31. The third kappa shape index (κ3) is 3.68. The predicted molar refractivity (Wildman–Crippen MR) is 61.4 cm³/mol. The summed E-state index contributed by atoms with van der Waals surface area (Å²) < 4.78 is 9.95. The Hall–Kier alpha value is -0.750. The number of carbonyl (C=O) groups is 2. The Morgan fingerprint density at radius 1 is 1.62 bits per heavy atom. The minimum absolute atomic E-state index is 0.0447. The molecular formula is C10H17NO4S. The molecule has 1 saturated heterocycles. The van der Waals surface area contributed by atoms with Crippen molar-refractivity contribution in [3.63, 3.8) is 0 Å². The quantitative estimate of drug-likeness (QED) is 0.803. The minimum atomic E-state index is -0.517. The van der Waals surface area contributed by atoms with Crippen molar-refractivity contribution in [3.8, 4) is 0 Å². The van der Waals surface area contributed by atoms with Crippen molar-refractivity contribution < 1.29 is 19.1 Å². The Labute approximate surface area is 99.2 Å². The van der Waals surface area contributed by atoms with Gasteiger partial charge in [0.2, 0.25) is 0 Å². The van der Waals surface area contributed by atoms with Gasteiger partial charge in [-0.25, -0.2) is 4.79 Å². The van der Waals surface area contributed by atoms with Crippen LogP contribution in [0.25, 0.3) is 0 Å². The van der Waals surface area contributed by atoms with Crippen molar-refractivity contribution in [2.24, 2.45) is 5.92 Å². The molecule has 5 nitrogen and oxygen atoms in total. The summed E-state index contributed by atoms with van der Waals surface area (Å²) >= 11 is 1.17. The van der Waals surface area contributed by atoms with Gasteiger partial charge in [-0.1, -0.05) is 11.8 Å². The van der Waals surface area contributed by atoms with Gasteiger partial charge in [-0.2, -0.15) is 0 Å². The fraction of sp³-hybridized carbons (Fsp3) is 0.800. The summed E-state index contributed by atoms with van der Waals surface area (Å²) in [6.45, 7) is 0.970. The number of nitrogens with one attached hydrogen (secondary N) is 1. The number of hydrogen-bond acceptors (Lipinski definition) is 5. The van der Waals surface area contributed by atoms with Crippen LogP contribution in [-0.2, 0) is 14.3 Å². The zero-order valence-corrected chi connectivity index (χ0v) is 10.3. The monoisotopic (exact) mass is 247 g/mol. The van der Waals surface area contributed by atoms with Gasteiger partial charge in [-0.15, -0.1) is 0 Å². The number of carbonyl (C=O) groups excluding carboxylic acids is 2. The molecule has 1 rings (SSSR count). The van der Waals surface area contributed by atoms with E-state index in [2.05, 4.69) is 10.1 Å². The summed E-state index contributed by atoms with van der Waals surface area (Å²) in [4.78, 5) is 22.6. The third-order valence-electron chi connectivity index (χ3n) is 2.57. The SMILES string of the molecule is COC(=O)NCC(C(=O)SC)C1CCCO1. The maximum absolute atomic E-state index is 11.7. The van der Waals surface area contributed by atoms with Gasteiger partial charge in [0.1, 0.15) is 0 Å². The molecule has 0 radical (unpaired) electrons. The number of hydrogen-bond donors (Lipinski definition) is 1. The summed E-state index contributed by atoms with van der Waals surface area (Å²) in [6, 6.07) is 0. The first-order valence-electron chi connectivity index (χ1n) is 5.20. The molecule has 0 aromatic heterocycles. The van der Waals surface area contributed by atoms with E-state index in [0.29, 0.717) is 6.61 Å². The van der Waals surface area contributed by atoms with Gasteiger partial charge < -0.3 is 14.8 Å². The summed E-state index contributed by atoms with van der Waals surface area (Å²) in [5, 5.41) is 2.59. The Kier molecular flexibility index (Phi) is 5.62. The average molecular weight is 247 g/mol. The first kappa shape index (κ1) is 13.3. The molecule has 0 saturated carbocycles. The normalized spacial score (nSPS) is 21.5. The number of alkyl carbamates (subject to hydrolysis) is 1. The van der Waals surface area contributed by atoms with Crippen LogP contribution >= 0.6 is 11.8 Å².